The molecule has 1 aliphatic heterocycles. The Bertz CT molecular complexity index is 1110. The Balaban J connectivity index is 1.53. The number of aliphatic hydroxyl groups excluding tert-OH is 2. The van der Waals surface area contributed by atoms with Gasteiger partial charge in [0.1, 0.15) is 18.3 Å². The largest absolute Gasteiger partial charge is 0.464 e. The molecule has 0 radical (unpaired) electrons. The van der Waals surface area contributed by atoms with Gasteiger partial charge < -0.3 is 39.5 Å². The summed E-state index contributed by atoms with van der Waals surface area (Å²) in [5.74, 6) is -3.00. The zero-order valence-corrected chi connectivity index (χ0v) is 20.4. The van der Waals surface area contributed by atoms with E-state index in [1.807, 2.05) is 0 Å². The highest BCUT2D eigenvalue weighted by Gasteiger charge is 2.46. The molecule has 2 fully saturated rings. The summed E-state index contributed by atoms with van der Waals surface area (Å²) in [6, 6.07) is 0.229. The monoisotopic (exact) mass is 535 g/mol. The van der Waals surface area contributed by atoms with Gasteiger partial charge in [0.05, 0.1) is 19.5 Å². The predicted octanol–water partition coefficient (Wildman–Crippen LogP) is 0.537. The first kappa shape index (κ1) is 26.2. The topological polar surface area (TPSA) is 198 Å². The molecule has 2 aromatic heterocycles. The van der Waals surface area contributed by atoms with Crippen molar-refractivity contribution in [2.24, 2.45) is 0 Å². The Hall–Kier alpha value is -1.90. The summed E-state index contributed by atoms with van der Waals surface area (Å²) < 4.78 is 28.5. The number of nitrogens with one attached hydrogen (secondary N) is 1. The molecule has 14 nitrogen and oxygen atoms in total. The van der Waals surface area contributed by atoms with E-state index in [0.717, 1.165) is 25.7 Å². The average molecular weight is 536 g/mol. The summed E-state index contributed by atoms with van der Waals surface area (Å²) in [6.45, 7) is 0.747. The number of carbonyl (C=O) groups excluding carboxylic acids is 1. The minimum Gasteiger partial charge on any atom is -0.464 e. The van der Waals surface area contributed by atoms with Gasteiger partial charge in [0.15, 0.2) is 23.2 Å². The summed E-state index contributed by atoms with van der Waals surface area (Å²) in [7, 11) is -5.02. The third kappa shape index (κ3) is 5.59. The third-order valence-corrected chi connectivity index (χ3v) is 7.05. The molecule has 1 saturated heterocycles. The van der Waals surface area contributed by atoms with E-state index in [0.29, 0.717) is 11.3 Å². The molecule has 4 rings (SSSR count). The first-order valence-corrected chi connectivity index (χ1v) is 13.2. The smallest absolute Gasteiger partial charge is 0.365 e. The van der Waals surface area contributed by atoms with Gasteiger partial charge in [-0.1, -0.05) is 12.8 Å². The van der Waals surface area contributed by atoms with Crippen LogP contribution in [0.15, 0.2) is 6.33 Å². The molecule has 35 heavy (non-hydrogen) atoms. The lowest BCUT2D eigenvalue weighted by molar-refractivity contribution is -0.155. The molecule has 0 bridgehead atoms. The van der Waals surface area contributed by atoms with E-state index in [1.165, 1.54) is 17.8 Å². The maximum atomic E-state index is 11.9. The predicted molar refractivity (Wildman–Crippen MR) is 121 cm³/mol. The lowest BCUT2D eigenvalue weighted by Crippen LogP contribution is -2.36. The summed E-state index contributed by atoms with van der Waals surface area (Å²) >= 11 is 6.13. The van der Waals surface area contributed by atoms with Crippen molar-refractivity contribution in [1.29, 1.82) is 0 Å². The van der Waals surface area contributed by atoms with Gasteiger partial charge in [-0.25, -0.2) is 9.78 Å². The van der Waals surface area contributed by atoms with E-state index >= 15 is 0 Å². The number of halogens is 1. The Morgan fingerprint density at radius 3 is 2.69 bits per heavy atom. The minimum atomic E-state index is -5.02. The van der Waals surface area contributed by atoms with Crippen LogP contribution >= 0.6 is 19.2 Å². The molecule has 0 amide bonds. The van der Waals surface area contributed by atoms with Crippen molar-refractivity contribution < 1.29 is 43.6 Å². The molecule has 2 aliphatic rings. The molecule has 16 heteroatoms. The van der Waals surface area contributed by atoms with Crippen molar-refractivity contribution in [3.8, 4) is 0 Å². The van der Waals surface area contributed by atoms with Crippen LogP contribution in [0, 0.1) is 0 Å². The number of fused-ring (bicyclic) bond motifs is 1. The number of anilines is 1. The summed E-state index contributed by atoms with van der Waals surface area (Å²) in [4.78, 5) is 43.5. The number of aliphatic hydroxyl groups is 2. The average Bonchev–Trinajstić information content (AvgIpc) is 3.49. The van der Waals surface area contributed by atoms with Crippen molar-refractivity contribution in [3.63, 3.8) is 0 Å². The first-order valence-electron chi connectivity index (χ1n) is 11.1. The standard InChI is InChI=1S/C19H27ClN5O9P/c1-2-32-17(28)18(35(29,30)31)33-7-10-12(26)13(27)16(34-10)25-8-21-11-14(22-9-5-3-4-6-9)23-19(20)24-15(11)25/h8-10,12-13,16,18,26-27H,2-7H2,1H3,(H,22,23,24)(H2,29,30,31)/t10-,12-,13-,16-,18+/m1/s1. The van der Waals surface area contributed by atoms with Gasteiger partial charge in [0.2, 0.25) is 5.28 Å². The van der Waals surface area contributed by atoms with Gasteiger partial charge in [0.25, 0.3) is 5.85 Å². The highest BCUT2D eigenvalue weighted by atomic mass is 35.5. The molecule has 3 heterocycles. The van der Waals surface area contributed by atoms with E-state index in [2.05, 4.69) is 25.0 Å². The van der Waals surface area contributed by atoms with Crippen molar-refractivity contribution in [2.45, 2.75) is 69.0 Å². The van der Waals surface area contributed by atoms with E-state index in [4.69, 9.17) is 21.1 Å². The number of ether oxygens (including phenoxy) is 3. The molecular formula is C19H27ClN5O9P. The van der Waals surface area contributed by atoms with Crippen molar-refractivity contribution >= 4 is 42.1 Å². The van der Waals surface area contributed by atoms with E-state index in [1.54, 1.807) is 0 Å². The molecule has 2 aromatic rings. The van der Waals surface area contributed by atoms with Crippen LogP contribution in [0.1, 0.15) is 38.8 Å². The minimum absolute atomic E-state index is 0.0495. The molecular weight excluding hydrogens is 509 g/mol. The van der Waals surface area contributed by atoms with Crippen LogP contribution in [0.5, 0.6) is 0 Å². The number of imidazole rings is 1. The molecule has 194 valence electrons. The van der Waals surface area contributed by atoms with Crippen LogP contribution in [0.4, 0.5) is 5.82 Å². The Labute approximate surface area is 204 Å². The van der Waals surface area contributed by atoms with Crippen LogP contribution in [0.25, 0.3) is 11.2 Å². The van der Waals surface area contributed by atoms with Crippen LogP contribution < -0.4 is 5.32 Å². The molecule has 5 atom stereocenters. The lowest BCUT2D eigenvalue weighted by atomic mass is 10.1. The number of esters is 1. The number of aromatic nitrogens is 4. The van der Waals surface area contributed by atoms with Crippen molar-refractivity contribution in [2.75, 3.05) is 18.5 Å². The highest BCUT2D eigenvalue weighted by molar-refractivity contribution is 7.53. The molecule has 1 aliphatic carbocycles. The maximum Gasteiger partial charge on any atom is 0.365 e. The van der Waals surface area contributed by atoms with Gasteiger partial charge in [-0.15, -0.1) is 0 Å². The summed E-state index contributed by atoms with van der Waals surface area (Å²) in [5, 5.41) is 24.4. The highest BCUT2D eigenvalue weighted by Crippen LogP contribution is 2.43. The van der Waals surface area contributed by atoms with Gasteiger partial charge >= 0.3 is 13.6 Å². The number of nitrogens with zero attached hydrogens (tertiary/aromatic N) is 4. The molecule has 0 unspecified atom stereocenters. The normalized spacial score (nSPS) is 26.3. The molecule has 5 N–H and O–H groups in total. The SMILES string of the molecule is CCOC(=O)[C@@H](OC[C@H]1O[C@@H](n2cnc3c(NC4CCCC4)nc(Cl)nc32)[C@H](O)[C@@H]1O)P(=O)(O)O. The van der Waals surface area contributed by atoms with E-state index in [9.17, 15) is 29.4 Å². The van der Waals surface area contributed by atoms with E-state index < -0.39 is 50.6 Å². The van der Waals surface area contributed by atoms with Crippen molar-refractivity contribution in [3.05, 3.63) is 11.6 Å². The van der Waals surface area contributed by atoms with Gasteiger partial charge in [0, 0.05) is 6.04 Å². The van der Waals surface area contributed by atoms with Gasteiger partial charge in [-0.2, -0.15) is 9.97 Å². The molecule has 0 spiro atoms. The zero-order valence-electron chi connectivity index (χ0n) is 18.7. The summed E-state index contributed by atoms with van der Waals surface area (Å²) in [6.07, 6.45) is 0.160. The van der Waals surface area contributed by atoms with Crippen LogP contribution in [0.2, 0.25) is 5.28 Å². The second-order valence-corrected chi connectivity index (χ2v) is 10.3. The molecule has 0 aromatic carbocycles. The zero-order chi connectivity index (χ0) is 25.3. The maximum absolute atomic E-state index is 11.9. The van der Waals surface area contributed by atoms with Gasteiger partial charge in [-0.05, 0) is 31.4 Å². The second kappa shape index (κ2) is 10.6. The Morgan fingerprint density at radius 1 is 1.31 bits per heavy atom. The number of hydrogen-bond donors (Lipinski definition) is 5. The quantitative estimate of drug-likeness (QED) is 0.169. The van der Waals surface area contributed by atoms with Crippen LogP contribution in [-0.2, 0) is 23.6 Å². The fraction of sp³-hybridized carbons (Fsp3) is 0.684. The number of carbonyl (C=O) groups is 1. The third-order valence-electron chi connectivity index (χ3n) is 5.91. The Morgan fingerprint density at radius 2 is 2.03 bits per heavy atom. The van der Waals surface area contributed by atoms with Crippen LogP contribution in [0.3, 0.4) is 0 Å². The van der Waals surface area contributed by atoms with E-state index in [-0.39, 0.29) is 23.6 Å². The van der Waals surface area contributed by atoms with Gasteiger partial charge in [-0.3, -0.25) is 9.13 Å². The molecule has 1 saturated carbocycles. The first-order chi connectivity index (χ1) is 16.6. The van der Waals surface area contributed by atoms with Crippen molar-refractivity contribution in [1.82, 2.24) is 19.5 Å². The number of hydrogen-bond acceptors (Lipinski definition) is 11. The van der Waals surface area contributed by atoms with Crippen LogP contribution in [-0.4, -0.2) is 88.9 Å². The lowest BCUT2D eigenvalue weighted by Gasteiger charge is -2.21. The fourth-order valence-electron chi connectivity index (χ4n) is 4.24. The summed E-state index contributed by atoms with van der Waals surface area (Å²) in [5.41, 5.74) is 0.651. The number of rotatable bonds is 9. The fourth-order valence-corrected chi connectivity index (χ4v) is 5.03. The second-order valence-electron chi connectivity index (χ2n) is 8.36. The Kier molecular flexibility index (Phi) is 7.93.